The number of nitrogens with zero attached hydrogens (tertiary/aromatic N) is 1. The largest absolute Gasteiger partial charge is 0.451 e. The SMILES string of the molecule is C[C@@H]1[C@H](NC(=O)c2ccc(-c3cccc(N)c3F)o2)C2CCN1CC2. The lowest BCUT2D eigenvalue weighted by molar-refractivity contribution is 0.0211. The van der Waals surface area contributed by atoms with E-state index in [1.165, 1.54) is 6.07 Å². The average molecular weight is 343 g/mol. The van der Waals surface area contributed by atoms with Crippen molar-refractivity contribution in [1.82, 2.24) is 10.2 Å². The summed E-state index contributed by atoms with van der Waals surface area (Å²) in [6.45, 7) is 4.38. The highest BCUT2D eigenvalue weighted by molar-refractivity contribution is 5.92. The van der Waals surface area contributed by atoms with Gasteiger partial charge >= 0.3 is 0 Å². The molecule has 5 nitrogen and oxygen atoms in total. The van der Waals surface area contributed by atoms with Crippen LogP contribution in [0.4, 0.5) is 10.1 Å². The molecule has 0 saturated carbocycles. The molecule has 3 fully saturated rings. The monoisotopic (exact) mass is 343 g/mol. The predicted octanol–water partition coefficient (Wildman–Crippen LogP) is 2.88. The number of carbonyl (C=O) groups is 1. The minimum atomic E-state index is -0.533. The fourth-order valence-electron chi connectivity index (χ4n) is 4.11. The quantitative estimate of drug-likeness (QED) is 0.841. The van der Waals surface area contributed by atoms with Crippen molar-refractivity contribution in [1.29, 1.82) is 0 Å². The topological polar surface area (TPSA) is 71.5 Å². The van der Waals surface area contributed by atoms with Crippen LogP contribution in [0.15, 0.2) is 34.7 Å². The maximum atomic E-state index is 14.1. The first kappa shape index (κ1) is 16.1. The lowest BCUT2D eigenvalue weighted by Crippen LogP contribution is -2.62. The van der Waals surface area contributed by atoms with E-state index in [9.17, 15) is 9.18 Å². The van der Waals surface area contributed by atoms with E-state index in [1.807, 2.05) is 0 Å². The summed E-state index contributed by atoms with van der Waals surface area (Å²) in [6, 6.07) is 8.38. The molecule has 1 amide bonds. The van der Waals surface area contributed by atoms with Crippen LogP contribution < -0.4 is 11.1 Å². The number of furan rings is 1. The summed E-state index contributed by atoms with van der Waals surface area (Å²) < 4.78 is 19.7. The molecule has 3 saturated heterocycles. The molecule has 0 radical (unpaired) electrons. The number of piperidine rings is 3. The Morgan fingerprint density at radius 2 is 2.04 bits per heavy atom. The van der Waals surface area contributed by atoms with Crippen molar-refractivity contribution in [2.24, 2.45) is 5.92 Å². The fraction of sp³-hybridized carbons (Fsp3) is 0.421. The van der Waals surface area contributed by atoms with Crippen LogP contribution in [-0.2, 0) is 0 Å². The number of benzene rings is 1. The van der Waals surface area contributed by atoms with Gasteiger partial charge in [-0.1, -0.05) is 6.07 Å². The van der Waals surface area contributed by atoms with Crippen LogP contribution in [0.5, 0.6) is 0 Å². The number of nitrogens with one attached hydrogen (secondary N) is 1. The number of carbonyl (C=O) groups excluding carboxylic acids is 1. The van der Waals surface area contributed by atoms with Gasteiger partial charge < -0.3 is 15.5 Å². The van der Waals surface area contributed by atoms with Gasteiger partial charge in [-0.25, -0.2) is 4.39 Å². The van der Waals surface area contributed by atoms with Gasteiger partial charge in [-0.05, 0) is 63.0 Å². The third-order valence-corrected chi connectivity index (χ3v) is 5.60. The molecule has 2 bridgehead atoms. The van der Waals surface area contributed by atoms with E-state index in [-0.39, 0.29) is 29.0 Å². The van der Waals surface area contributed by atoms with E-state index in [1.54, 1.807) is 24.3 Å². The van der Waals surface area contributed by atoms with Gasteiger partial charge in [0.1, 0.15) is 5.76 Å². The van der Waals surface area contributed by atoms with E-state index in [0.717, 1.165) is 25.9 Å². The van der Waals surface area contributed by atoms with Crippen molar-refractivity contribution >= 4 is 11.6 Å². The van der Waals surface area contributed by atoms with Crippen molar-refractivity contribution in [3.05, 3.63) is 41.9 Å². The third kappa shape index (κ3) is 2.80. The Balaban J connectivity index is 1.52. The molecule has 0 spiro atoms. The van der Waals surface area contributed by atoms with Crippen LogP contribution >= 0.6 is 0 Å². The average Bonchev–Trinajstić information content (AvgIpc) is 3.11. The molecule has 3 aliphatic rings. The van der Waals surface area contributed by atoms with Crippen molar-refractivity contribution < 1.29 is 13.6 Å². The van der Waals surface area contributed by atoms with Gasteiger partial charge in [-0.3, -0.25) is 9.69 Å². The zero-order valence-corrected chi connectivity index (χ0v) is 14.2. The number of hydrogen-bond acceptors (Lipinski definition) is 4. The van der Waals surface area contributed by atoms with Crippen LogP contribution in [0.2, 0.25) is 0 Å². The number of amides is 1. The lowest BCUT2D eigenvalue weighted by atomic mass is 9.79. The maximum absolute atomic E-state index is 14.1. The Labute approximate surface area is 146 Å². The Bertz CT molecular complexity index is 794. The summed E-state index contributed by atoms with van der Waals surface area (Å²) in [5.74, 6) is 0.234. The molecule has 0 unspecified atom stereocenters. The van der Waals surface area contributed by atoms with E-state index >= 15 is 0 Å². The highest BCUT2D eigenvalue weighted by Gasteiger charge is 2.40. The highest BCUT2D eigenvalue weighted by atomic mass is 19.1. The molecule has 3 N–H and O–H groups in total. The summed E-state index contributed by atoms with van der Waals surface area (Å²) in [4.78, 5) is 15.0. The molecule has 25 heavy (non-hydrogen) atoms. The van der Waals surface area contributed by atoms with Crippen molar-refractivity contribution in [2.45, 2.75) is 31.8 Å². The van der Waals surface area contributed by atoms with Gasteiger partial charge in [0.05, 0.1) is 11.3 Å². The minimum Gasteiger partial charge on any atom is -0.451 e. The number of rotatable bonds is 3. The van der Waals surface area contributed by atoms with Gasteiger partial charge in [-0.15, -0.1) is 0 Å². The van der Waals surface area contributed by atoms with E-state index in [4.69, 9.17) is 10.2 Å². The van der Waals surface area contributed by atoms with Crippen molar-refractivity contribution in [3.8, 4) is 11.3 Å². The van der Waals surface area contributed by atoms with E-state index in [2.05, 4.69) is 17.1 Å². The Hall–Kier alpha value is -2.34. The Morgan fingerprint density at radius 1 is 1.28 bits per heavy atom. The van der Waals surface area contributed by atoms with E-state index < -0.39 is 5.82 Å². The normalized spacial score (nSPS) is 28.1. The highest BCUT2D eigenvalue weighted by Crippen LogP contribution is 2.33. The molecular weight excluding hydrogens is 321 g/mol. The number of halogens is 1. The van der Waals surface area contributed by atoms with Gasteiger partial charge in [-0.2, -0.15) is 0 Å². The van der Waals surface area contributed by atoms with Crippen LogP contribution in [0, 0.1) is 11.7 Å². The first-order chi connectivity index (χ1) is 12.0. The summed E-state index contributed by atoms with van der Waals surface area (Å²) in [6.07, 6.45) is 2.24. The Kier molecular flexibility index (Phi) is 4.00. The smallest absolute Gasteiger partial charge is 0.287 e. The van der Waals surface area contributed by atoms with Crippen molar-refractivity contribution in [2.75, 3.05) is 18.8 Å². The molecule has 4 heterocycles. The summed E-state index contributed by atoms with van der Waals surface area (Å²) >= 11 is 0. The summed E-state index contributed by atoms with van der Waals surface area (Å²) in [5, 5.41) is 3.11. The lowest BCUT2D eigenvalue weighted by Gasteiger charge is -2.49. The molecule has 0 aliphatic carbocycles. The molecule has 5 rings (SSSR count). The molecule has 1 aromatic heterocycles. The molecule has 6 heteroatoms. The van der Waals surface area contributed by atoms with Crippen LogP contribution in [0.1, 0.15) is 30.3 Å². The molecule has 3 aliphatic heterocycles. The maximum Gasteiger partial charge on any atom is 0.287 e. The number of nitrogens with two attached hydrogens (primary N) is 1. The molecule has 2 aromatic rings. The Morgan fingerprint density at radius 3 is 2.76 bits per heavy atom. The van der Waals surface area contributed by atoms with Crippen LogP contribution in [-0.4, -0.2) is 36.0 Å². The van der Waals surface area contributed by atoms with Crippen LogP contribution in [0.3, 0.4) is 0 Å². The first-order valence-electron chi connectivity index (χ1n) is 8.73. The fourth-order valence-corrected chi connectivity index (χ4v) is 4.11. The minimum absolute atomic E-state index is 0.0565. The molecule has 1 aromatic carbocycles. The second kappa shape index (κ2) is 6.19. The molecule has 2 atom stereocenters. The number of hydrogen-bond donors (Lipinski definition) is 2. The number of fused-ring (bicyclic) bond motifs is 3. The summed E-state index contributed by atoms with van der Waals surface area (Å²) in [7, 11) is 0. The van der Waals surface area contributed by atoms with Crippen molar-refractivity contribution in [3.63, 3.8) is 0 Å². The third-order valence-electron chi connectivity index (χ3n) is 5.60. The van der Waals surface area contributed by atoms with Gasteiger partial charge in [0, 0.05) is 12.1 Å². The zero-order valence-electron chi connectivity index (χ0n) is 14.2. The predicted molar refractivity (Wildman–Crippen MR) is 93.5 cm³/mol. The second-order valence-corrected chi connectivity index (χ2v) is 6.99. The van der Waals surface area contributed by atoms with Gasteiger partial charge in [0.2, 0.25) is 0 Å². The summed E-state index contributed by atoms with van der Waals surface area (Å²) in [5.41, 5.74) is 5.91. The second-order valence-electron chi connectivity index (χ2n) is 6.99. The van der Waals surface area contributed by atoms with Gasteiger partial charge in [0.15, 0.2) is 11.6 Å². The van der Waals surface area contributed by atoms with Crippen LogP contribution in [0.25, 0.3) is 11.3 Å². The van der Waals surface area contributed by atoms with Gasteiger partial charge in [0.25, 0.3) is 5.91 Å². The molecular formula is C19H22FN3O2. The van der Waals surface area contributed by atoms with E-state index in [0.29, 0.717) is 17.7 Å². The standard InChI is InChI=1S/C19H22FN3O2/c1-11-18(12-7-9-23(11)10-8-12)22-19(24)16-6-5-15(25-16)13-3-2-4-14(21)17(13)20/h2-6,11-12,18H,7-10,21H2,1H3,(H,22,24)/t11-,18+/m1/s1. The zero-order chi connectivity index (χ0) is 17.6. The number of anilines is 1. The first-order valence-corrected chi connectivity index (χ1v) is 8.73. The number of nitrogen functional groups attached to an aromatic ring is 1. The molecule has 132 valence electrons.